The van der Waals surface area contributed by atoms with Crippen molar-refractivity contribution < 1.29 is 4.42 Å². The van der Waals surface area contributed by atoms with E-state index in [1.54, 1.807) is 0 Å². The zero-order valence-corrected chi connectivity index (χ0v) is 30.6. The predicted molar refractivity (Wildman–Crippen MR) is 235 cm³/mol. The van der Waals surface area contributed by atoms with Crippen LogP contribution < -0.4 is 4.90 Å². The Bertz CT molecular complexity index is 3210. The van der Waals surface area contributed by atoms with E-state index in [1.165, 1.54) is 53.2 Å². The van der Waals surface area contributed by atoms with Gasteiger partial charge < -0.3 is 9.32 Å². The first-order valence-electron chi connectivity index (χ1n) is 18.7. The molecule has 0 bridgehead atoms. The number of anilines is 3. The van der Waals surface area contributed by atoms with Crippen LogP contribution in [-0.4, -0.2) is 0 Å². The van der Waals surface area contributed by atoms with Crippen LogP contribution in [0.15, 0.2) is 205 Å². The fourth-order valence-electron chi connectivity index (χ4n) is 8.25. The molecular weight excluding hydrogens is 687 g/mol. The fraction of sp³-hybridized carbons (Fsp3) is 0. The van der Waals surface area contributed by atoms with Gasteiger partial charge in [-0.05, 0) is 87.1 Å². The molecule has 0 aliphatic carbocycles. The normalized spacial score (nSPS) is 11.6. The van der Waals surface area contributed by atoms with Gasteiger partial charge in [-0.2, -0.15) is 0 Å². The van der Waals surface area contributed by atoms with Gasteiger partial charge in [-0.15, -0.1) is 11.3 Å². The number of fused-ring (bicyclic) bond motifs is 7. The van der Waals surface area contributed by atoms with Crippen LogP contribution in [0.2, 0.25) is 0 Å². The summed E-state index contributed by atoms with van der Waals surface area (Å²) in [6.07, 6.45) is 0. The first-order valence-corrected chi connectivity index (χ1v) is 19.5. The van der Waals surface area contributed by atoms with Crippen LogP contribution in [0.5, 0.6) is 0 Å². The smallest absolute Gasteiger partial charge is 0.159 e. The van der Waals surface area contributed by atoms with Gasteiger partial charge in [-0.1, -0.05) is 152 Å². The Balaban J connectivity index is 1.11. The van der Waals surface area contributed by atoms with E-state index in [0.29, 0.717) is 0 Å². The Morgan fingerprint density at radius 3 is 1.91 bits per heavy atom. The van der Waals surface area contributed by atoms with Crippen molar-refractivity contribution >= 4 is 81.3 Å². The highest BCUT2D eigenvalue weighted by Crippen LogP contribution is 2.46. The minimum Gasteiger partial charge on any atom is -0.453 e. The van der Waals surface area contributed by atoms with Crippen molar-refractivity contribution in [2.75, 3.05) is 4.90 Å². The van der Waals surface area contributed by atoms with Crippen molar-refractivity contribution in [3.8, 4) is 33.4 Å². The number of hydrogen-bond acceptors (Lipinski definition) is 3. The van der Waals surface area contributed by atoms with E-state index in [0.717, 1.165) is 50.1 Å². The maximum Gasteiger partial charge on any atom is 0.159 e. The molecule has 0 saturated carbocycles. The second-order valence-electron chi connectivity index (χ2n) is 14.1. The monoisotopic (exact) mass is 719 g/mol. The molecule has 0 spiro atoms. The maximum absolute atomic E-state index is 7.00. The van der Waals surface area contributed by atoms with Crippen molar-refractivity contribution in [1.29, 1.82) is 0 Å². The summed E-state index contributed by atoms with van der Waals surface area (Å²) < 4.78 is 9.60. The lowest BCUT2D eigenvalue weighted by molar-refractivity contribution is 0.670. The minimum atomic E-state index is 0.857. The molecule has 0 N–H and O–H groups in total. The summed E-state index contributed by atoms with van der Waals surface area (Å²) in [7, 11) is 0. The second kappa shape index (κ2) is 12.9. The predicted octanol–water partition coefficient (Wildman–Crippen LogP) is 15.6. The molecule has 0 aliphatic heterocycles. The minimum absolute atomic E-state index is 0.857. The van der Waals surface area contributed by atoms with E-state index >= 15 is 0 Å². The lowest BCUT2D eigenvalue weighted by Crippen LogP contribution is -2.10. The molecule has 0 radical (unpaired) electrons. The van der Waals surface area contributed by atoms with Gasteiger partial charge in [0.2, 0.25) is 0 Å². The average Bonchev–Trinajstić information content (AvgIpc) is 3.84. The molecular formula is C52H33NOS. The Hall–Kier alpha value is -6.94. The molecule has 0 unspecified atom stereocenters. The first-order chi connectivity index (χ1) is 27.3. The van der Waals surface area contributed by atoms with Gasteiger partial charge in [0.15, 0.2) is 5.58 Å². The van der Waals surface area contributed by atoms with Crippen LogP contribution in [0.3, 0.4) is 0 Å². The molecule has 0 fully saturated rings. The average molecular weight is 720 g/mol. The Kier molecular flexibility index (Phi) is 7.39. The third-order valence-electron chi connectivity index (χ3n) is 10.9. The number of para-hydroxylation sites is 2. The van der Waals surface area contributed by atoms with Gasteiger partial charge in [-0.25, -0.2) is 0 Å². The van der Waals surface area contributed by atoms with Crippen molar-refractivity contribution in [3.05, 3.63) is 200 Å². The summed E-state index contributed by atoms with van der Waals surface area (Å²) in [5.41, 5.74) is 11.9. The molecule has 0 aliphatic rings. The molecule has 0 amide bonds. The molecule has 11 rings (SSSR count). The van der Waals surface area contributed by atoms with Crippen LogP contribution in [-0.2, 0) is 0 Å². The largest absolute Gasteiger partial charge is 0.453 e. The van der Waals surface area contributed by atoms with Crippen LogP contribution >= 0.6 is 11.3 Å². The molecule has 0 atom stereocenters. The SMILES string of the molecule is c1ccc(-c2cccc3c2oc2c(N(c4ccc(-c5ccc6ccccc6c5)cc4)c4cccc(-c5cccc6sc7ccccc7c56)c4)cccc23)cc1. The van der Waals surface area contributed by atoms with E-state index < -0.39 is 0 Å². The van der Waals surface area contributed by atoms with Gasteiger partial charge in [0.25, 0.3) is 0 Å². The Morgan fingerprint density at radius 1 is 0.364 bits per heavy atom. The van der Waals surface area contributed by atoms with E-state index in [4.69, 9.17) is 4.42 Å². The van der Waals surface area contributed by atoms with Crippen LogP contribution in [0.4, 0.5) is 17.1 Å². The molecule has 0 saturated heterocycles. The second-order valence-corrected chi connectivity index (χ2v) is 15.2. The number of nitrogens with zero attached hydrogens (tertiary/aromatic N) is 1. The lowest BCUT2D eigenvalue weighted by atomic mass is 9.98. The van der Waals surface area contributed by atoms with Gasteiger partial charge >= 0.3 is 0 Å². The van der Waals surface area contributed by atoms with Crippen LogP contribution in [0, 0.1) is 0 Å². The quantitative estimate of drug-likeness (QED) is 0.170. The van der Waals surface area contributed by atoms with E-state index in [2.05, 4.69) is 205 Å². The number of rotatable bonds is 6. The summed E-state index contributed by atoms with van der Waals surface area (Å²) in [5, 5.41) is 7.28. The van der Waals surface area contributed by atoms with E-state index in [1.807, 2.05) is 11.3 Å². The highest BCUT2D eigenvalue weighted by atomic mass is 32.1. The van der Waals surface area contributed by atoms with E-state index in [-0.39, 0.29) is 0 Å². The molecule has 11 aromatic rings. The molecule has 2 aromatic heterocycles. The molecule has 2 heterocycles. The van der Waals surface area contributed by atoms with Gasteiger partial charge in [0.05, 0.1) is 5.69 Å². The number of benzene rings is 9. The topological polar surface area (TPSA) is 16.4 Å². The van der Waals surface area contributed by atoms with Gasteiger partial charge in [0, 0.05) is 47.9 Å². The highest BCUT2D eigenvalue weighted by Gasteiger charge is 2.22. The summed E-state index contributed by atoms with van der Waals surface area (Å²) in [6.45, 7) is 0. The molecule has 258 valence electrons. The Morgan fingerprint density at radius 2 is 1.02 bits per heavy atom. The first kappa shape index (κ1) is 31.6. The third kappa shape index (κ3) is 5.32. The number of furan rings is 1. The zero-order valence-electron chi connectivity index (χ0n) is 29.8. The van der Waals surface area contributed by atoms with E-state index in [9.17, 15) is 0 Å². The summed E-state index contributed by atoms with van der Waals surface area (Å²) in [4.78, 5) is 2.35. The van der Waals surface area contributed by atoms with Crippen LogP contribution in [0.1, 0.15) is 0 Å². The van der Waals surface area contributed by atoms with Crippen molar-refractivity contribution in [2.45, 2.75) is 0 Å². The molecule has 3 heteroatoms. The van der Waals surface area contributed by atoms with Crippen molar-refractivity contribution in [2.24, 2.45) is 0 Å². The number of hydrogen-bond donors (Lipinski definition) is 0. The molecule has 55 heavy (non-hydrogen) atoms. The third-order valence-corrected chi connectivity index (χ3v) is 12.0. The van der Waals surface area contributed by atoms with Crippen molar-refractivity contribution in [1.82, 2.24) is 0 Å². The zero-order chi connectivity index (χ0) is 36.3. The van der Waals surface area contributed by atoms with Crippen molar-refractivity contribution in [3.63, 3.8) is 0 Å². The summed E-state index contributed by atoms with van der Waals surface area (Å²) in [5.74, 6) is 0. The maximum atomic E-state index is 7.00. The summed E-state index contributed by atoms with van der Waals surface area (Å²) >= 11 is 1.85. The summed E-state index contributed by atoms with van der Waals surface area (Å²) in [6, 6.07) is 72.1. The van der Waals surface area contributed by atoms with Gasteiger partial charge in [0.1, 0.15) is 5.58 Å². The molecule has 2 nitrogen and oxygen atoms in total. The standard InChI is InChI=1S/C52H33NOS/c1-2-13-36(14-3-1)43-20-9-21-44-45-22-10-23-47(52(45)54-51(43)44)53(40-30-28-35(29-31-40)38-27-26-34-12-4-5-15-37(34)32-38)41-17-8-16-39(33-41)42-19-11-25-49-50(42)46-18-6-7-24-48(46)55-49/h1-33H. The Labute approximate surface area is 322 Å². The van der Waals surface area contributed by atoms with Gasteiger partial charge in [-0.3, -0.25) is 0 Å². The lowest BCUT2D eigenvalue weighted by Gasteiger charge is -2.26. The highest BCUT2D eigenvalue weighted by molar-refractivity contribution is 7.25. The fourth-order valence-corrected chi connectivity index (χ4v) is 9.39. The molecule has 9 aromatic carbocycles. The number of thiophene rings is 1. The van der Waals surface area contributed by atoms with Crippen LogP contribution in [0.25, 0.3) is 86.3 Å².